The molecule has 0 saturated heterocycles. The van der Waals surface area contributed by atoms with Crippen molar-refractivity contribution in [3.05, 3.63) is 5.82 Å². The van der Waals surface area contributed by atoms with E-state index in [1.807, 2.05) is 6.92 Å². The summed E-state index contributed by atoms with van der Waals surface area (Å²) in [6.45, 7) is 4.08. The van der Waals surface area contributed by atoms with Gasteiger partial charge in [0, 0.05) is 0 Å². The molecule has 1 aromatic heterocycles. The van der Waals surface area contributed by atoms with E-state index in [9.17, 15) is 0 Å². The molecule has 0 fully saturated rings. The van der Waals surface area contributed by atoms with Gasteiger partial charge in [-0.1, -0.05) is 0 Å². The third kappa shape index (κ3) is 2.97. The zero-order chi connectivity index (χ0) is 10.6. The van der Waals surface area contributed by atoms with E-state index in [-0.39, 0.29) is 17.3 Å². The van der Waals surface area contributed by atoms with Gasteiger partial charge in [-0.05, 0) is 13.8 Å². The summed E-state index contributed by atoms with van der Waals surface area (Å²) in [6.07, 6.45) is 0. The van der Waals surface area contributed by atoms with E-state index >= 15 is 0 Å². The molecule has 1 aromatic rings. The first kappa shape index (κ1) is 10.9. The molecule has 0 spiro atoms. The van der Waals surface area contributed by atoms with Gasteiger partial charge in [-0.3, -0.25) is 4.84 Å². The highest BCUT2D eigenvalue weighted by Gasteiger charge is 2.08. The minimum absolute atomic E-state index is 0.115. The molecule has 1 unspecified atom stereocenters. The smallest absolute Gasteiger partial charge is 0.252 e. The fourth-order valence-electron chi connectivity index (χ4n) is 0.770. The average molecular weight is 218 g/mol. The molecule has 0 aliphatic carbocycles. The van der Waals surface area contributed by atoms with Crippen molar-refractivity contribution in [1.29, 1.82) is 0 Å². The number of nitrogens with one attached hydrogen (secondary N) is 1. The van der Waals surface area contributed by atoms with E-state index < -0.39 is 0 Å². The van der Waals surface area contributed by atoms with Crippen molar-refractivity contribution < 1.29 is 4.84 Å². The van der Waals surface area contributed by atoms with Crippen molar-refractivity contribution in [2.45, 2.75) is 19.2 Å². The molecule has 6 nitrogen and oxygen atoms in total. The van der Waals surface area contributed by atoms with E-state index in [2.05, 4.69) is 20.4 Å². The zero-order valence-electron chi connectivity index (χ0n) is 7.99. The van der Waals surface area contributed by atoms with Crippen LogP contribution in [0.25, 0.3) is 0 Å². The van der Waals surface area contributed by atoms with E-state index in [0.29, 0.717) is 12.4 Å². The van der Waals surface area contributed by atoms with Gasteiger partial charge in [-0.25, -0.2) is 5.48 Å². The number of rotatable bonds is 4. The molecule has 1 atom stereocenters. The van der Waals surface area contributed by atoms with Gasteiger partial charge in [-0.2, -0.15) is 15.0 Å². The Labute approximate surface area is 86.8 Å². The monoisotopic (exact) mass is 217 g/mol. The van der Waals surface area contributed by atoms with Crippen molar-refractivity contribution in [2.24, 2.45) is 0 Å². The molecule has 0 aliphatic rings. The van der Waals surface area contributed by atoms with E-state index in [4.69, 9.17) is 22.2 Å². The summed E-state index contributed by atoms with van der Waals surface area (Å²) >= 11 is 5.80. The number of anilines is 2. The van der Waals surface area contributed by atoms with Gasteiger partial charge in [0.05, 0.1) is 12.0 Å². The van der Waals surface area contributed by atoms with Crippen LogP contribution in [0, 0.1) is 0 Å². The number of hydrogen-bond donors (Lipinski definition) is 2. The Bertz CT molecular complexity index is 306. The minimum Gasteiger partial charge on any atom is -0.368 e. The number of nitrogens with zero attached hydrogens (tertiary/aromatic N) is 3. The molecule has 0 aromatic carbocycles. The number of nitrogens with two attached hydrogens (primary N) is 1. The highest BCUT2D eigenvalue weighted by atomic mass is 35.5. The van der Waals surface area contributed by atoms with Crippen molar-refractivity contribution in [3.8, 4) is 0 Å². The molecule has 7 heteroatoms. The number of hydrogen-bond acceptors (Lipinski definition) is 6. The minimum atomic E-state index is -0.317. The molecule has 0 radical (unpaired) electrons. The molecule has 1 rings (SSSR count). The van der Waals surface area contributed by atoms with Crippen LogP contribution in [0.15, 0.2) is 0 Å². The molecule has 1 heterocycles. The van der Waals surface area contributed by atoms with Gasteiger partial charge in [0.2, 0.25) is 5.95 Å². The Morgan fingerprint density at radius 1 is 1.50 bits per heavy atom. The fourth-order valence-corrected chi connectivity index (χ4v) is 0.867. The van der Waals surface area contributed by atoms with Gasteiger partial charge < -0.3 is 5.73 Å². The van der Waals surface area contributed by atoms with E-state index in [0.717, 1.165) is 0 Å². The number of aromatic nitrogens is 3. The Morgan fingerprint density at radius 3 is 2.79 bits per heavy atom. The summed E-state index contributed by atoms with van der Waals surface area (Å²) in [5.41, 5.74) is 7.98. The summed E-state index contributed by atoms with van der Waals surface area (Å²) < 4.78 is 0. The predicted octanol–water partition coefficient (Wildman–Crippen LogP) is 1.12. The van der Waals surface area contributed by atoms with E-state index in [1.54, 1.807) is 6.92 Å². The maximum atomic E-state index is 5.80. The summed E-state index contributed by atoms with van der Waals surface area (Å²) in [4.78, 5) is 16.6. The topological polar surface area (TPSA) is 86.0 Å². The van der Waals surface area contributed by atoms with Crippen LogP contribution in [0.3, 0.4) is 0 Å². The molecule has 3 N–H and O–H groups in total. The molecule has 0 bridgehead atoms. The lowest BCUT2D eigenvalue weighted by Crippen LogP contribution is -2.10. The van der Waals surface area contributed by atoms with Crippen molar-refractivity contribution in [3.63, 3.8) is 0 Å². The zero-order valence-corrected chi connectivity index (χ0v) is 8.75. The maximum absolute atomic E-state index is 5.80. The van der Waals surface area contributed by atoms with Crippen LogP contribution in [0.4, 0.5) is 11.9 Å². The number of nitrogen functional groups attached to an aromatic ring is 1. The Kier molecular flexibility index (Phi) is 3.84. The van der Waals surface area contributed by atoms with E-state index in [1.165, 1.54) is 0 Å². The SMILES string of the molecule is CCONc1nc(N)nc(C(C)Cl)n1. The standard InChI is InChI=1S/C7H12ClN5O/c1-3-14-13-7-11-5(4(2)8)10-6(9)12-7/h4H,3H2,1-2H3,(H3,9,10,11,12,13). The predicted molar refractivity (Wildman–Crippen MR) is 53.8 cm³/mol. The van der Waals surface area contributed by atoms with Crippen molar-refractivity contribution >= 4 is 23.5 Å². The normalized spacial score (nSPS) is 12.5. The molecule has 14 heavy (non-hydrogen) atoms. The summed E-state index contributed by atoms with van der Waals surface area (Å²) in [6, 6.07) is 0. The lowest BCUT2D eigenvalue weighted by molar-refractivity contribution is 0.207. The third-order valence-electron chi connectivity index (χ3n) is 1.33. The Hall–Kier alpha value is -1.14. The van der Waals surface area contributed by atoms with Crippen LogP contribution in [-0.4, -0.2) is 21.6 Å². The number of alkyl halides is 1. The van der Waals surface area contributed by atoms with Crippen LogP contribution < -0.4 is 11.2 Å². The first-order chi connectivity index (χ1) is 6.63. The molecular formula is C7H12ClN5O. The van der Waals surface area contributed by atoms with Crippen LogP contribution in [0.5, 0.6) is 0 Å². The largest absolute Gasteiger partial charge is 0.368 e. The third-order valence-corrected chi connectivity index (χ3v) is 1.53. The Balaban J connectivity index is 2.84. The van der Waals surface area contributed by atoms with Gasteiger partial charge in [0.1, 0.15) is 0 Å². The second-order valence-corrected chi connectivity index (χ2v) is 3.18. The lowest BCUT2D eigenvalue weighted by atomic mass is 10.4. The first-order valence-corrected chi connectivity index (χ1v) is 4.60. The summed E-state index contributed by atoms with van der Waals surface area (Å²) in [5, 5.41) is -0.317. The average Bonchev–Trinajstić information content (AvgIpc) is 2.14. The van der Waals surface area contributed by atoms with Gasteiger partial charge in [-0.15, -0.1) is 11.6 Å². The lowest BCUT2D eigenvalue weighted by Gasteiger charge is -2.06. The summed E-state index contributed by atoms with van der Waals surface area (Å²) in [7, 11) is 0. The second-order valence-electron chi connectivity index (χ2n) is 2.53. The highest BCUT2D eigenvalue weighted by molar-refractivity contribution is 6.20. The molecule has 0 saturated carbocycles. The quantitative estimate of drug-likeness (QED) is 0.581. The second kappa shape index (κ2) is 4.92. The van der Waals surface area contributed by atoms with Crippen LogP contribution in [-0.2, 0) is 4.84 Å². The molecule has 0 aliphatic heterocycles. The van der Waals surface area contributed by atoms with Gasteiger partial charge in [0.25, 0.3) is 5.95 Å². The Morgan fingerprint density at radius 2 is 2.21 bits per heavy atom. The van der Waals surface area contributed by atoms with Gasteiger partial charge in [0.15, 0.2) is 5.82 Å². The van der Waals surface area contributed by atoms with Crippen LogP contribution >= 0.6 is 11.6 Å². The maximum Gasteiger partial charge on any atom is 0.252 e. The molecule has 78 valence electrons. The summed E-state index contributed by atoms with van der Waals surface area (Å²) in [5.74, 6) is 0.799. The van der Waals surface area contributed by atoms with Crippen molar-refractivity contribution in [2.75, 3.05) is 17.8 Å². The fraction of sp³-hybridized carbons (Fsp3) is 0.571. The highest BCUT2D eigenvalue weighted by Crippen LogP contribution is 2.16. The van der Waals surface area contributed by atoms with Crippen LogP contribution in [0.2, 0.25) is 0 Å². The molecular weight excluding hydrogens is 206 g/mol. The molecule has 0 amide bonds. The number of halogens is 1. The van der Waals surface area contributed by atoms with Gasteiger partial charge >= 0.3 is 0 Å². The van der Waals surface area contributed by atoms with Crippen LogP contribution in [0.1, 0.15) is 25.0 Å². The first-order valence-electron chi connectivity index (χ1n) is 4.16. The van der Waals surface area contributed by atoms with Crippen molar-refractivity contribution in [1.82, 2.24) is 15.0 Å².